The molecule has 2 nitrogen and oxygen atoms in total. The van der Waals surface area contributed by atoms with Gasteiger partial charge in [-0.25, -0.2) is 0 Å². The van der Waals surface area contributed by atoms with Gasteiger partial charge in [-0.05, 0) is 29.7 Å². The maximum Gasteiger partial charge on any atom is 0.230 e. The number of hydrogen-bond acceptors (Lipinski definition) is 2. The van der Waals surface area contributed by atoms with Crippen LogP contribution in [0.2, 0.25) is 5.02 Å². The largest absolute Gasteiger partial charge is 0.344 e. The van der Waals surface area contributed by atoms with Crippen molar-refractivity contribution in [3.8, 4) is 0 Å². The SMILES string of the molecule is Cc1ccc([C@H](NC(=O)CSCc2ccccc2Cl)c2ccccc2)cc1. The first-order valence-electron chi connectivity index (χ1n) is 8.85. The molecular formula is C23H22ClNOS. The van der Waals surface area contributed by atoms with Gasteiger partial charge >= 0.3 is 0 Å². The van der Waals surface area contributed by atoms with Gasteiger partial charge in [0, 0.05) is 10.8 Å². The highest BCUT2D eigenvalue weighted by Crippen LogP contribution is 2.24. The summed E-state index contributed by atoms with van der Waals surface area (Å²) < 4.78 is 0. The Balaban J connectivity index is 1.66. The number of aryl methyl sites for hydroxylation is 1. The summed E-state index contributed by atoms with van der Waals surface area (Å²) in [5.41, 5.74) is 4.41. The predicted octanol–water partition coefficient (Wildman–Crippen LogP) is 5.79. The maximum atomic E-state index is 12.6. The highest BCUT2D eigenvalue weighted by atomic mass is 35.5. The van der Waals surface area contributed by atoms with E-state index in [1.165, 1.54) is 5.56 Å². The van der Waals surface area contributed by atoms with Gasteiger partial charge in [0.25, 0.3) is 0 Å². The number of carbonyl (C=O) groups is 1. The van der Waals surface area contributed by atoms with Gasteiger partial charge in [0.2, 0.25) is 5.91 Å². The monoisotopic (exact) mass is 395 g/mol. The van der Waals surface area contributed by atoms with E-state index in [1.54, 1.807) is 11.8 Å². The van der Waals surface area contributed by atoms with Crippen molar-refractivity contribution in [1.29, 1.82) is 0 Å². The van der Waals surface area contributed by atoms with Gasteiger partial charge in [0.1, 0.15) is 0 Å². The Kier molecular flexibility index (Phi) is 6.97. The summed E-state index contributed by atoms with van der Waals surface area (Å²) in [7, 11) is 0. The van der Waals surface area contributed by atoms with E-state index in [4.69, 9.17) is 11.6 Å². The van der Waals surface area contributed by atoms with Gasteiger partial charge in [-0.15, -0.1) is 11.8 Å². The number of carbonyl (C=O) groups excluding carboxylic acids is 1. The topological polar surface area (TPSA) is 29.1 Å². The third-order valence-electron chi connectivity index (χ3n) is 4.30. The van der Waals surface area contributed by atoms with Crippen molar-refractivity contribution in [3.05, 3.63) is 106 Å². The number of benzene rings is 3. The molecule has 3 rings (SSSR count). The molecule has 0 bridgehead atoms. The fraction of sp³-hybridized carbons (Fsp3) is 0.174. The van der Waals surface area contributed by atoms with Crippen LogP contribution in [0.15, 0.2) is 78.9 Å². The molecule has 0 radical (unpaired) electrons. The molecule has 0 saturated carbocycles. The molecule has 3 aromatic carbocycles. The summed E-state index contributed by atoms with van der Waals surface area (Å²) in [6, 6.07) is 25.9. The van der Waals surface area contributed by atoms with Crippen molar-refractivity contribution in [2.45, 2.75) is 18.7 Å². The Hall–Kier alpha value is -2.23. The van der Waals surface area contributed by atoms with Crippen LogP contribution in [0.3, 0.4) is 0 Å². The molecule has 0 heterocycles. The Morgan fingerprint density at radius 2 is 1.56 bits per heavy atom. The maximum absolute atomic E-state index is 12.6. The summed E-state index contributed by atoms with van der Waals surface area (Å²) >= 11 is 7.75. The first kappa shape index (κ1) is 19.5. The second-order valence-electron chi connectivity index (χ2n) is 6.41. The number of amides is 1. The van der Waals surface area contributed by atoms with Gasteiger partial charge in [-0.1, -0.05) is 90.0 Å². The average molecular weight is 396 g/mol. The van der Waals surface area contributed by atoms with Crippen LogP contribution in [-0.4, -0.2) is 11.7 Å². The summed E-state index contributed by atoms with van der Waals surface area (Å²) in [5.74, 6) is 1.12. The Morgan fingerprint density at radius 1 is 0.926 bits per heavy atom. The van der Waals surface area contributed by atoms with Crippen molar-refractivity contribution in [2.75, 3.05) is 5.75 Å². The second kappa shape index (κ2) is 9.63. The van der Waals surface area contributed by atoms with E-state index in [1.807, 2.05) is 54.6 Å². The van der Waals surface area contributed by atoms with Crippen molar-refractivity contribution in [1.82, 2.24) is 5.32 Å². The first-order chi connectivity index (χ1) is 13.1. The Bertz CT molecular complexity index is 880. The minimum absolute atomic E-state index is 0.0153. The van der Waals surface area contributed by atoms with Crippen molar-refractivity contribution in [2.24, 2.45) is 0 Å². The second-order valence-corrected chi connectivity index (χ2v) is 7.80. The van der Waals surface area contributed by atoms with Gasteiger partial charge in [0.05, 0.1) is 11.8 Å². The van der Waals surface area contributed by atoms with Gasteiger partial charge in [0.15, 0.2) is 0 Å². The average Bonchev–Trinajstić information content (AvgIpc) is 2.69. The molecule has 0 aromatic heterocycles. The summed E-state index contributed by atoms with van der Waals surface area (Å²) in [4.78, 5) is 12.6. The quantitative estimate of drug-likeness (QED) is 0.548. The van der Waals surface area contributed by atoms with E-state index in [2.05, 4.69) is 36.5 Å². The fourth-order valence-electron chi connectivity index (χ4n) is 2.84. The Labute approximate surface area is 170 Å². The van der Waals surface area contributed by atoms with Crippen molar-refractivity contribution < 1.29 is 4.79 Å². The standard InChI is InChI=1S/C23H22ClNOS/c1-17-11-13-19(14-12-17)23(18-7-3-2-4-8-18)25-22(26)16-27-15-20-9-5-6-10-21(20)24/h2-14,23H,15-16H2,1H3,(H,25,26)/t23-/m1/s1. The van der Waals surface area contributed by atoms with E-state index < -0.39 is 0 Å². The third-order valence-corrected chi connectivity index (χ3v) is 5.65. The molecular weight excluding hydrogens is 374 g/mol. The van der Waals surface area contributed by atoms with Crippen molar-refractivity contribution in [3.63, 3.8) is 0 Å². The molecule has 0 fully saturated rings. The lowest BCUT2D eigenvalue weighted by Gasteiger charge is -2.20. The number of thioether (sulfide) groups is 1. The number of rotatable bonds is 7. The molecule has 1 amide bonds. The zero-order chi connectivity index (χ0) is 19.1. The molecule has 0 aliphatic rings. The van der Waals surface area contributed by atoms with Crippen LogP contribution in [0.1, 0.15) is 28.3 Å². The summed E-state index contributed by atoms with van der Waals surface area (Å²) in [6.07, 6.45) is 0. The van der Waals surface area contributed by atoms with Gasteiger partial charge in [-0.3, -0.25) is 4.79 Å². The van der Waals surface area contributed by atoms with Gasteiger partial charge in [-0.2, -0.15) is 0 Å². The van der Waals surface area contributed by atoms with E-state index >= 15 is 0 Å². The zero-order valence-electron chi connectivity index (χ0n) is 15.2. The smallest absolute Gasteiger partial charge is 0.230 e. The lowest BCUT2D eigenvalue weighted by molar-refractivity contribution is -0.119. The molecule has 0 aliphatic carbocycles. The highest BCUT2D eigenvalue weighted by Gasteiger charge is 2.16. The first-order valence-corrected chi connectivity index (χ1v) is 10.4. The van der Waals surface area contributed by atoms with Crippen LogP contribution in [0.25, 0.3) is 0 Å². The lowest BCUT2D eigenvalue weighted by atomic mass is 9.98. The zero-order valence-corrected chi connectivity index (χ0v) is 16.8. The van der Waals surface area contributed by atoms with Gasteiger partial charge < -0.3 is 5.32 Å². The van der Waals surface area contributed by atoms with Crippen LogP contribution < -0.4 is 5.32 Å². The number of hydrogen-bond donors (Lipinski definition) is 1. The van der Waals surface area contributed by atoms with Crippen LogP contribution >= 0.6 is 23.4 Å². The molecule has 0 aliphatic heterocycles. The highest BCUT2D eigenvalue weighted by molar-refractivity contribution is 7.99. The van der Waals surface area contributed by atoms with E-state index in [9.17, 15) is 4.79 Å². The molecule has 1 N–H and O–H groups in total. The number of nitrogens with one attached hydrogen (secondary N) is 1. The third kappa shape index (κ3) is 5.62. The van der Waals surface area contributed by atoms with Crippen molar-refractivity contribution >= 4 is 29.3 Å². The molecule has 0 spiro atoms. The number of halogens is 1. The van der Waals surface area contributed by atoms with E-state index in [0.717, 1.165) is 21.7 Å². The van der Waals surface area contributed by atoms with Crippen LogP contribution in [0.4, 0.5) is 0 Å². The molecule has 1 atom stereocenters. The molecule has 0 unspecified atom stereocenters. The van der Waals surface area contributed by atoms with Crippen LogP contribution in [0.5, 0.6) is 0 Å². The molecule has 0 saturated heterocycles. The summed E-state index contributed by atoms with van der Waals surface area (Å²) in [5, 5.41) is 3.92. The van der Waals surface area contributed by atoms with E-state index in [-0.39, 0.29) is 11.9 Å². The van der Waals surface area contributed by atoms with Crippen LogP contribution in [0, 0.1) is 6.92 Å². The lowest BCUT2D eigenvalue weighted by Crippen LogP contribution is -2.30. The fourth-order valence-corrected chi connectivity index (χ4v) is 3.96. The Morgan fingerprint density at radius 3 is 2.26 bits per heavy atom. The molecule has 27 heavy (non-hydrogen) atoms. The molecule has 138 valence electrons. The minimum Gasteiger partial charge on any atom is -0.344 e. The summed E-state index contributed by atoms with van der Waals surface area (Å²) in [6.45, 7) is 2.06. The normalized spacial score (nSPS) is 11.8. The predicted molar refractivity (Wildman–Crippen MR) is 115 cm³/mol. The minimum atomic E-state index is -0.153. The molecule has 4 heteroatoms. The van der Waals surface area contributed by atoms with E-state index in [0.29, 0.717) is 11.5 Å². The molecule has 3 aromatic rings. The van der Waals surface area contributed by atoms with Crippen LogP contribution in [-0.2, 0) is 10.5 Å².